The molecule has 1 aliphatic carbocycles. The van der Waals surface area contributed by atoms with Crippen molar-refractivity contribution >= 4 is 11.4 Å². The highest BCUT2D eigenvalue weighted by Crippen LogP contribution is 2.29. The van der Waals surface area contributed by atoms with Crippen LogP contribution in [0.4, 0.5) is 11.4 Å². The first kappa shape index (κ1) is 13.7. The third-order valence-electron chi connectivity index (χ3n) is 4.90. The van der Waals surface area contributed by atoms with E-state index < -0.39 is 0 Å². The molecule has 20 heavy (non-hydrogen) atoms. The highest BCUT2D eigenvalue weighted by molar-refractivity contribution is 5.55. The number of piperidine rings is 1. The number of rotatable bonds is 4. The maximum Gasteiger partial charge on any atom is 0.0367 e. The zero-order valence-electron chi connectivity index (χ0n) is 12.4. The third kappa shape index (κ3) is 3.09. The van der Waals surface area contributed by atoms with Crippen LogP contribution in [0.5, 0.6) is 0 Å². The van der Waals surface area contributed by atoms with E-state index in [9.17, 15) is 0 Å². The molecule has 2 unspecified atom stereocenters. The average Bonchev–Trinajstić information content (AvgIpc) is 2.96. The van der Waals surface area contributed by atoms with Crippen LogP contribution >= 0.6 is 0 Å². The van der Waals surface area contributed by atoms with Crippen molar-refractivity contribution in [3.8, 4) is 0 Å². The molecule has 1 aliphatic heterocycles. The monoisotopic (exact) mass is 273 g/mol. The Morgan fingerprint density at radius 2 is 1.75 bits per heavy atom. The Bertz CT molecular complexity index is 409. The van der Waals surface area contributed by atoms with Gasteiger partial charge >= 0.3 is 0 Å². The predicted octanol–water partition coefficient (Wildman–Crippen LogP) is 3.22. The second kappa shape index (κ2) is 6.49. The zero-order valence-corrected chi connectivity index (χ0v) is 12.4. The normalized spacial score (nSPS) is 26.8. The molecule has 0 aromatic heterocycles. The van der Waals surface area contributed by atoms with Crippen LogP contribution in [0.1, 0.15) is 38.5 Å². The standard InChI is InChI=1S/C17H27N3/c18-13-14-5-4-6-17(14)19-15-7-9-16(10-8-15)20-11-2-1-3-12-20/h7-10,14,17,19H,1-6,11-13,18H2. The van der Waals surface area contributed by atoms with Crippen molar-refractivity contribution in [3.05, 3.63) is 24.3 Å². The fraction of sp³-hybridized carbons (Fsp3) is 0.647. The van der Waals surface area contributed by atoms with Crippen molar-refractivity contribution in [2.24, 2.45) is 11.7 Å². The number of anilines is 2. The first-order valence-electron chi connectivity index (χ1n) is 8.18. The van der Waals surface area contributed by atoms with Gasteiger partial charge < -0.3 is 16.0 Å². The summed E-state index contributed by atoms with van der Waals surface area (Å²) in [6, 6.07) is 9.56. The van der Waals surface area contributed by atoms with Crippen LogP contribution in [0.25, 0.3) is 0 Å². The van der Waals surface area contributed by atoms with E-state index in [0.29, 0.717) is 12.0 Å². The van der Waals surface area contributed by atoms with Gasteiger partial charge in [-0.05, 0) is 68.8 Å². The van der Waals surface area contributed by atoms with E-state index in [1.807, 2.05) is 0 Å². The fourth-order valence-corrected chi connectivity index (χ4v) is 3.64. The van der Waals surface area contributed by atoms with E-state index in [1.165, 1.54) is 63.0 Å². The molecule has 0 spiro atoms. The van der Waals surface area contributed by atoms with E-state index in [1.54, 1.807) is 0 Å². The van der Waals surface area contributed by atoms with Crippen LogP contribution in [0.2, 0.25) is 0 Å². The Morgan fingerprint density at radius 1 is 1.00 bits per heavy atom. The summed E-state index contributed by atoms with van der Waals surface area (Å²) in [5.74, 6) is 0.650. The first-order chi connectivity index (χ1) is 9.86. The average molecular weight is 273 g/mol. The minimum absolute atomic E-state index is 0.570. The highest BCUT2D eigenvalue weighted by Gasteiger charge is 2.25. The third-order valence-corrected chi connectivity index (χ3v) is 4.90. The maximum absolute atomic E-state index is 5.85. The fourth-order valence-electron chi connectivity index (χ4n) is 3.64. The molecule has 3 nitrogen and oxygen atoms in total. The molecule has 1 aromatic carbocycles. The second-order valence-corrected chi connectivity index (χ2v) is 6.27. The van der Waals surface area contributed by atoms with Gasteiger partial charge in [-0.3, -0.25) is 0 Å². The summed E-state index contributed by atoms with van der Waals surface area (Å²) in [7, 11) is 0. The van der Waals surface area contributed by atoms with Crippen LogP contribution in [0, 0.1) is 5.92 Å². The molecule has 3 N–H and O–H groups in total. The van der Waals surface area contributed by atoms with Gasteiger partial charge in [-0.15, -0.1) is 0 Å². The molecule has 0 amide bonds. The molecule has 1 saturated heterocycles. The van der Waals surface area contributed by atoms with Gasteiger partial charge in [0.05, 0.1) is 0 Å². The molecular formula is C17H27N3. The van der Waals surface area contributed by atoms with Crippen molar-refractivity contribution in [1.29, 1.82) is 0 Å². The lowest BCUT2D eigenvalue weighted by atomic mass is 10.0. The summed E-state index contributed by atoms with van der Waals surface area (Å²) < 4.78 is 0. The number of nitrogens with zero attached hydrogens (tertiary/aromatic N) is 1. The van der Waals surface area contributed by atoms with Crippen LogP contribution in [0.15, 0.2) is 24.3 Å². The van der Waals surface area contributed by atoms with E-state index in [4.69, 9.17) is 5.73 Å². The Morgan fingerprint density at radius 3 is 2.45 bits per heavy atom. The summed E-state index contributed by atoms with van der Waals surface area (Å²) in [6.45, 7) is 3.23. The minimum Gasteiger partial charge on any atom is -0.382 e. The van der Waals surface area contributed by atoms with Crippen LogP contribution < -0.4 is 16.0 Å². The smallest absolute Gasteiger partial charge is 0.0367 e. The first-order valence-corrected chi connectivity index (χ1v) is 8.18. The Balaban J connectivity index is 1.61. The summed E-state index contributed by atoms with van der Waals surface area (Å²) in [6.07, 6.45) is 7.90. The molecule has 3 rings (SSSR count). The summed E-state index contributed by atoms with van der Waals surface area (Å²) >= 11 is 0. The van der Waals surface area contributed by atoms with Gasteiger partial charge in [-0.25, -0.2) is 0 Å². The van der Waals surface area contributed by atoms with Crippen LogP contribution in [-0.2, 0) is 0 Å². The quantitative estimate of drug-likeness (QED) is 0.885. The molecular weight excluding hydrogens is 246 g/mol. The highest BCUT2D eigenvalue weighted by atomic mass is 15.1. The lowest BCUT2D eigenvalue weighted by Gasteiger charge is -2.29. The zero-order chi connectivity index (χ0) is 13.8. The summed E-state index contributed by atoms with van der Waals surface area (Å²) in [4.78, 5) is 2.51. The summed E-state index contributed by atoms with van der Waals surface area (Å²) in [5, 5.41) is 3.67. The Kier molecular flexibility index (Phi) is 4.46. The Hall–Kier alpha value is -1.22. The molecule has 110 valence electrons. The van der Waals surface area contributed by atoms with Gasteiger partial charge in [-0.2, -0.15) is 0 Å². The largest absolute Gasteiger partial charge is 0.382 e. The molecule has 1 aromatic rings. The lowest BCUT2D eigenvalue weighted by molar-refractivity contribution is 0.516. The van der Waals surface area contributed by atoms with Crippen molar-refractivity contribution in [2.75, 3.05) is 29.9 Å². The van der Waals surface area contributed by atoms with Crippen molar-refractivity contribution in [3.63, 3.8) is 0 Å². The number of hydrogen-bond donors (Lipinski definition) is 2. The van der Waals surface area contributed by atoms with Gasteiger partial charge in [-0.1, -0.05) is 6.42 Å². The van der Waals surface area contributed by atoms with Gasteiger partial charge in [0.1, 0.15) is 0 Å². The second-order valence-electron chi connectivity index (χ2n) is 6.27. The topological polar surface area (TPSA) is 41.3 Å². The molecule has 1 heterocycles. The van der Waals surface area contributed by atoms with Crippen LogP contribution in [0.3, 0.4) is 0 Å². The van der Waals surface area contributed by atoms with Gasteiger partial charge in [0.25, 0.3) is 0 Å². The van der Waals surface area contributed by atoms with E-state index >= 15 is 0 Å². The van der Waals surface area contributed by atoms with Crippen molar-refractivity contribution in [1.82, 2.24) is 0 Å². The maximum atomic E-state index is 5.85. The van der Waals surface area contributed by atoms with Crippen molar-refractivity contribution in [2.45, 2.75) is 44.6 Å². The van der Waals surface area contributed by atoms with E-state index in [-0.39, 0.29) is 0 Å². The predicted molar refractivity (Wildman–Crippen MR) is 86.3 cm³/mol. The molecule has 2 aliphatic rings. The number of nitrogens with one attached hydrogen (secondary N) is 1. The van der Waals surface area contributed by atoms with Gasteiger partial charge in [0.15, 0.2) is 0 Å². The summed E-state index contributed by atoms with van der Waals surface area (Å²) in [5.41, 5.74) is 8.47. The molecule has 3 heteroatoms. The molecule has 2 atom stereocenters. The number of hydrogen-bond acceptors (Lipinski definition) is 3. The number of nitrogens with two attached hydrogens (primary N) is 1. The molecule has 0 radical (unpaired) electrons. The van der Waals surface area contributed by atoms with Gasteiger partial charge in [0, 0.05) is 30.5 Å². The SMILES string of the molecule is NCC1CCCC1Nc1ccc(N2CCCCC2)cc1. The Labute approximate surface area is 122 Å². The van der Waals surface area contributed by atoms with E-state index in [0.717, 1.165) is 6.54 Å². The van der Waals surface area contributed by atoms with Crippen LogP contribution in [-0.4, -0.2) is 25.7 Å². The minimum atomic E-state index is 0.570. The lowest BCUT2D eigenvalue weighted by Crippen LogP contribution is -2.30. The molecule has 2 fully saturated rings. The van der Waals surface area contributed by atoms with Gasteiger partial charge in [0.2, 0.25) is 0 Å². The van der Waals surface area contributed by atoms with Crippen molar-refractivity contribution < 1.29 is 0 Å². The molecule has 1 saturated carbocycles. The number of benzene rings is 1. The molecule has 0 bridgehead atoms. The van der Waals surface area contributed by atoms with E-state index in [2.05, 4.69) is 34.5 Å².